The molecule has 0 heterocycles. The summed E-state index contributed by atoms with van der Waals surface area (Å²) >= 11 is 0. The average Bonchev–Trinajstić information content (AvgIpc) is 3.39. The summed E-state index contributed by atoms with van der Waals surface area (Å²) in [6.07, 6.45) is 23.8. The molecule has 13 heteroatoms. The lowest BCUT2D eigenvalue weighted by atomic mass is 9.87. The van der Waals surface area contributed by atoms with Crippen LogP contribution < -0.4 is 10.2 Å². The van der Waals surface area contributed by atoms with Crippen molar-refractivity contribution >= 4 is 19.5 Å². The van der Waals surface area contributed by atoms with Crippen molar-refractivity contribution in [2.45, 2.75) is 173 Å². The molecule has 1 fully saturated rings. The van der Waals surface area contributed by atoms with E-state index in [2.05, 4.69) is 31.3 Å². The van der Waals surface area contributed by atoms with Gasteiger partial charge < -0.3 is 44.2 Å². The van der Waals surface area contributed by atoms with Gasteiger partial charge in [0.25, 0.3) is 7.82 Å². The van der Waals surface area contributed by atoms with Gasteiger partial charge in [-0.15, -0.1) is 0 Å². The minimum absolute atomic E-state index is 0.0519. The Kier molecular flexibility index (Phi) is 28.3. The van der Waals surface area contributed by atoms with Crippen LogP contribution in [0.3, 0.4) is 0 Å². The second kappa shape index (κ2) is 30.3. The lowest BCUT2D eigenvalue weighted by Gasteiger charge is -2.29. The second-order valence-corrected chi connectivity index (χ2v) is 18.1. The number of allylic oxidation sites excluding steroid dienone is 3. The summed E-state index contributed by atoms with van der Waals surface area (Å²) < 4.78 is 23.1. The van der Waals surface area contributed by atoms with Crippen molar-refractivity contribution in [1.29, 1.82) is 0 Å². The maximum Gasteiger partial charge on any atom is 0.268 e. The number of rotatable bonds is 34. The van der Waals surface area contributed by atoms with E-state index >= 15 is 0 Å². The Morgan fingerprint density at radius 2 is 1.46 bits per heavy atom. The highest BCUT2D eigenvalue weighted by molar-refractivity contribution is 7.45. The number of Topliss-reactive ketones (excluding diaryl/α,β-unsaturated/α-hetero) is 1. The van der Waals surface area contributed by atoms with Gasteiger partial charge in [0.15, 0.2) is 0 Å². The van der Waals surface area contributed by atoms with Crippen molar-refractivity contribution in [2.24, 2.45) is 11.8 Å². The standard InChI is InChI=1S/C43H79N2O10P/c1-6-8-10-11-12-13-14-15-16-17-18-19-21-26-40(48)39(34-55-56(52,53)54-31-30-45(3,4)5)44-43(51)27-23-22-25-36(47)32-38-37(41(49)33-42(38)50)29-28-35(46)24-20-9-7-2/h10-11,21,26,28-29,35,37-42,46,48-50H,6-9,12-20,22-25,27,30-34H2,1-5H3,(H-,44,51,52,53)/b11-10-,26-21+,29-28+/t35-,37+,38+,39-,40+,41+,42-/m0/s1. The molecule has 1 unspecified atom stereocenters. The van der Waals surface area contributed by atoms with Gasteiger partial charge in [0.1, 0.15) is 18.9 Å². The molecule has 0 aliphatic heterocycles. The zero-order valence-electron chi connectivity index (χ0n) is 35.4. The van der Waals surface area contributed by atoms with Gasteiger partial charge in [0, 0.05) is 37.5 Å². The number of unbranched alkanes of at least 4 members (excludes halogenated alkanes) is 11. The van der Waals surface area contributed by atoms with Crippen LogP contribution in [0.2, 0.25) is 0 Å². The van der Waals surface area contributed by atoms with Gasteiger partial charge in [-0.1, -0.05) is 102 Å². The first-order chi connectivity index (χ1) is 26.6. The third-order valence-electron chi connectivity index (χ3n) is 10.3. The minimum Gasteiger partial charge on any atom is -0.756 e. The van der Waals surface area contributed by atoms with Crippen LogP contribution in [-0.4, -0.2) is 108 Å². The number of aliphatic hydroxyl groups is 4. The van der Waals surface area contributed by atoms with Gasteiger partial charge >= 0.3 is 0 Å². The number of amides is 1. The number of nitrogens with zero attached hydrogens (tertiary/aromatic N) is 1. The van der Waals surface area contributed by atoms with Crippen LogP contribution in [-0.2, 0) is 23.2 Å². The molecular weight excluding hydrogens is 735 g/mol. The van der Waals surface area contributed by atoms with E-state index in [4.69, 9.17) is 9.05 Å². The summed E-state index contributed by atoms with van der Waals surface area (Å²) in [6, 6.07) is -1.04. The first-order valence-electron chi connectivity index (χ1n) is 21.5. The molecule has 0 saturated heterocycles. The molecule has 0 spiro atoms. The molecule has 5 N–H and O–H groups in total. The fourth-order valence-corrected chi connectivity index (χ4v) is 7.46. The highest BCUT2D eigenvalue weighted by Crippen LogP contribution is 2.38. The van der Waals surface area contributed by atoms with Crippen LogP contribution in [0.15, 0.2) is 36.5 Å². The van der Waals surface area contributed by atoms with E-state index in [1.807, 2.05) is 27.2 Å². The van der Waals surface area contributed by atoms with E-state index in [1.165, 1.54) is 25.7 Å². The number of quaternary nitrogens is 1. The monoisotopic (exact) mass is 815 g/mol. The highest BCUT2D eigenvalue weighted by Gasteiger charge is 2.41. The van der Waals surface area contributed by atoms with E-state index in [1.54, 1.807) is 18.2 Å². The highest BCUT2D eigenvalue weighted by atomic mass is 31.2. The fourth-order valence-electron chi connectivity index (χ4n) is 6.74. The summed E-state index contributed by atoms with van der Waals surface area (Å²) in [5.41, 5.74) is 0. The molecule has 1 saturated carbocycles. The zero-order chi connectivity index (χ0) is 41.8. The molecule has 0 aromatic heterocycles. The number of ketones is 1. The fraction of sp³-hybridized carbons (Fsp3) is 0.814. The average molecular weight is 815 g/mol. The summed E-state index contributed by atoms with van der Waals surface area (Å²) in [7, 11) is 1.02. The molecule has 56 heavy (non-hydrogen) atoms. The molecule has 1 aliphatic rings. The van der Waals surface area contributed by atoms with E-state index in [-0.39, 0.29) is 38.1 Å². The van der Waals surface area contributed by atoms with Crippen LogP contribution >= 0.6 is 7.82 Å². The molecule has 1 rings (SSSR count). The Morgan fingerprint density at radius 3 is 2.12 bits per heavy atom. The molecule has 1 amide bonds. The van der Waals surface area contributed by atoms with Gasteiger partial charge in [-0.2, -0.15) is 0 Å². The molecular formula is C43H79N2O10P. The summed E-state index contributed by atoms with van der Waals surface area (Å²) in [5.74, 6) is -1.37. The van der Waals surface area contributed by atoms with E-state index in [9.17, 15) is 39.5 Å². The van der Waals surface area contributed by atoms with Gasteiger partial charge in [-0.3, -0.25) is 14.2 Å². The Hall–Kier alpha value is -1.73. The lowest BCUT2D eigenvalue weighted by Crippen LogP contribution is -2.45. The maximum atomic E-state index is 12.9. The van der Waals surface area contributed by atoms with Crippen LogP contribution in [0, 0.1) is 11.8 Å². The number of phosphoric acid groups is 1. The lowest BCUT2D eigenvalue weighted by molar-refractivity contribution is -0.870. The number of likely N-dealkylation sites (N-methyl/N-ethyl adjacent to an activating group) is 1. The molecule has 8 atom stereocenters. The van der Waals surface area contributed by atoms with Crippen molar-refractivity contribution in [3.05, 3.63) is 36.5 Å². The number of aliphatic hydroxyl groups excluding tert-OH is 4. The molecule has 0 bridgehead atoms. The first kappa shape index (κ1) is 52.3. The Bertz CT molecular complexity index is 1190. The zero-order valence-corrected chi connectivity index (χ0v) is 36.3. The number of carbonyl (C=O) groups excluding carboxylic acids is 2. The van der Waals surface area contributed by atoms with Crippen LogP contribution in [0.1, 0.15) is 142 Å². The van der Waals surface area contributed by atoms with Gasteiger partial charge in [0.05, 0.1) is 58.2 Å². The third-order valence-corrected chi connectivity index (χ3v) is 11.2. The quantitative estimate of drug-likeness (QED) is 0.0209. The van der Waals surface area contributed by atoms with Gasteiger partial charge in [-0.25, -0.2) is 0 Å². The number of carbonyl (C=O) groups is 2. The third kappa shape index (κ3) is 26.3. The molecule has 326 valence electrons. The first-order valence-corrected chi connectivity index (χ1v) is 23.0. The van der Waals surface area contributed by atoms with Gasteiger partial charge in [0.2, 0.25) is 5.91 Å². The number of hydrogen-bond acceptors (Lipinski definition) is 10. The Balaban J connectivity index is 2.62. The van der Waals surface area contributed by atoms with Crippen molar-refractivity contribution in [3.8, 4) is 0 Å². The Labute approximate surface area is 339 Å². The van der Waals surface area contributed by atoms with Gasteiger partial charge in [-0.05, 0) is 51.4 Å². The molecule has 0 aromatic rings. The van der Waals surface area contributed by atoms with Crippen molar-refractivity contribution in [1.82, 2.24) is 5.32 Å². The van der Waals surface area contributed by atoms with Crippen molar-refractivity contribution < 1.29 is 53.0 Å². The number of phosphoric ester groups is 1. The van der Waals surface area contributed by atoms with E-state index < -0.39 is 62.6 Å². The summed E-state index contributed by atoms with van der Waals surface area (Å²) in [4.78, 5) is 38.3. The minimum atomic E-state index is -4.69. The Morgan fingerprint density at radius 1 is 0.821 bits per heavy atom. The topological polar surface area (TPSA) is 186 Å². The number of hydrogen-bond donors (Lipinski definition) is 5. The predicted octanol–water partition coefficient (Wildman–Crippen LogP) is 6.45. The summed E-state index contributed by atoms with van der Waals surface area (Å²) in [6.45, 7) is 4.13. The SMILES string of the molecule is CCC/C=C\CCCCCCCC/C=C/[C@@H](O)[C@H](COP(=O)([O-])OCC[N+](C)(C)C)NC(=O)CCCCC(=O)C[C@@H]1[C@@H](/C=C/[C@@H](O)CCCCC)[C@H](O)C[C@@H]1O. The predicted molar refractivity (Wildman–Crippen MR) is 221 cm³/mol. The smallest absolute Gasteiger partial charge is 0.268 e. The molecule has 1 aliphatic carbocycles. The largest absolute Gasteiger partial charge is 0.756 e. The second-order valence-electron chi connectivity index (χ2n) is 16.7. The van der Waals surface area contributed by atoms with Crippen LogP contribution in [0.25, 0.3) is 0 Å². The maximum absolute atomic E-state index is 12.9. The van der Waals surface area contributed by atoms with E-state index in [0.717, 1.165) is 57.8 Å². The normalized spacial score (nSPS) is 21.9. The molecule has 0 aromatic carbocycles. The van der Waals surface area contributed by atoms with Crippen LogP contribution in [0.5, 0.6) is 0 Å². The van der Waals surface area contributed by atoms with Crippen molar-refractivity contribution in [3.63, 3.8) is 0 Å². The van der Waals surface area contributed by atoms with E-state index in [0.29, 0.717) is 30.3 Å². The summed E-state index contributed by atoms with van der Waals surface area (Å²) in [5, 5.41) is 45.0. The molecule has 0 radical (unpaired) electrons. The number of nitrogens with one attached hydrogen (secondary N) is 1. The van der Waals surface area contributed by atoms with Crippen LogP contribution in [0.4, 0.5) is 0 Å². The van der Waals surface area contributed by atoms with Crippen molar-refractivity contribution in [2.75, 3.05) is 40.9 Å². The molecule has 12 nitrogen and oxygen atoms in total.